The van der Waals surface area contributed by atoms with E-state index in [2.05, 4.69) is 5.32 Å². The van der Waals surface area contributed by atoms with Crippen LogP contribution in [-0.2, 0) is 25.6 Å². The molecule has 0 saturated carbocycles. The minimum atomic E-state index is -1.64. The summed E-state index contributed by atoms with van der Waals surface area (Å²) < 4.78 is 25.3. The molecule has 248 valence electrons. The molecule has 1 fully saturated rings. The van der Waals surface area contributed by atoms with Gasteiger partial charge in [0.05, 0.1) is 0 Å². The van der Waals surface area contributed by atoms with Crippen molar-refractivity contribution in [3.8, 4) is 11.1 Å². The highest BCUT2D eigenvalue weighted by molar-refractivity contribution is 5.86. The van der Waals surface area contributed by atoms with Crippen LogP contribution in [0, 0.1) is 12.7 Å². The Kier molecular flexibility index (Phi) is 9.55. The van der Waals surface area contributed by atoms with Crippen molar-refractivity contribution in [2.75, 3.05) is 26.2 Å². The minimum Gasteiger partial charge on any atom is -0.480 e. The number of nitrogens with zero attached hydrogens (tertiary/aromatic N) is 2. The number of halogens is 1. The van der Waals surface area contributed by atoms with Crippen molar-refractivity contribution in [3.05, 3.63) is 94.8 Å². The first-order valence-corrected chi connectivity index (χ1v) is 15.6. The lowest BCUT2D eigenvalue weighted by Gasteiger charge is -2.39. The molecule has 1 heterocycles. The van der Waals surface area contributed by atoms with Gasteiger partial charge in [0.25, 0.3) is 0 Å². The predicted octanol–water partition coefficient (Wildman–Crippen LogP) is 5.86. The number of aliphatic carboxylic acids is 1. The van der Waals surface area contributed by atoms with Gasteiger partial charge in [-0.05, 0) is 80.0 Å². The molecule has 2 N–H and O–H groups in total. The van der Waals surface area contributed by atoms with Gasteiger partial charge in [-0.2, -0.15) is 0 Å². The van der Waals surface area contributed by atoms with Gasteiger partial charge in [0.2, 0.25) is 5.91 Å². The highest BCUT2D eigenvalue weighted by atomic mass is 19.1. The predicted molar refractivity (Wildman–Crippen MR) is 172 cm³/mol. The Bertz CT molecular complexity index is 1630. The summed E-state index contributed by atoms with van der Waals surface area (Å²) in [5.41, 5.74) is 2.71. The van der Waals surface area contributed by atoms with Crippen molar-refractivity contribution < 1.29 is 38.1 Å². The fourth-order valence-corrected chi connectivity index (χ4v) is 6.09. The molecule has 0 atom stereocenters. The number of benzene rings is 3. The molecule has 10 nitrogen and oxygen atoms in total. The summed E-state index contributed by atoms with van der Waals surface area (Å²) in [6.07, 6.45) is -1.71. The lowest BCUT2D eigenvalue weighted by Crippen LogP contribution is -2.61. The number of rotatable bonds is 8. The number of alkyl carbamates (subject to hydrolysis) is 1. The third-order valence-electron chi connectivity index (χ3n) is 8.65. The number of hydrogen-bond donors (Lipinski definition) is 2. The number of piperidine rings is 1. The third-order valence-corrected chi connectivity index (χ3v) is 8.65. The van der Waals surface area contributed by atoms with Crippen LogP contribution in [0.25, 0.3) is 11.1 Å². The van der Waals surface area contributed by atoms with Gasteiger partial charge in [-0.25, -0.2) is 18.8 Å². The average Bonchev–Trinajstić information content (AvgIpc) is 3.34. The van der Waals surface area contributed by atoms with E-state index in [4.69, 9.17) is 9.47 Å². The van der Waals surface area contributed by atoms with Crippen molar-refractivity contribution >= 4 is 24.1 Å². The highest BCUT2D eigenvalue weighted by Gasteiger charge is 2.45. The lowest BCUT2D eigenvalue weighted by atomic mass is 9.87. The molecule has 3 aromatic rings. The zero-order chi connectivity index (χ0) is 33.9. The van der Waals surface area contributed by atoms with Gasteiger partial charge in [0.1, 0.15) is 30.1 Å². The van der Waals surface area contributed by atoms with Crippen LogP contribution in [0.1, 0.15) is 61.8 Å². The van der Waals surface area contributed by atoms with E-state index in [0.717, 1.165) is 22.3 Å². The minimum absolute atomic E-state index is 0.0239. The van der Waals surface area contributed by atoms with E-state index in [-0.39, 0.29) is 51.5 Å². The molecule has 0 unspecified atom stereocenters. The van der Waals surface area contributed by atoms with Crippen LogP contribution in [0.2, 0.25) is 0 Å². The second kappa shape index (κ2) is 13.4. The number of carboxylic acid groups (broad SMARTS) is 1. The van der Waals surface area contributed by atoms with E-state index in [0.29, 0.717) is 11.1 Å². The van der Waals surface area contributed by atoms with Crippen molar-refractivity contribution in [2.45, 2.75) is 64.1 Å². The SMILES string of the molecule is Cc1ccc(CN(CC(=O)N2CCC(NC(=O)OCC3c4ccccc4-c4ccccc43)(C(=O)O)CC2)C(=O)OC(C)(C)C)cc1F. The van der Waals surface area contributed by atoms with Crippen LogP contribution in [0.5, 0.6) is 0 Å². The van der Waals surface area contributed by atoms with Gasteiger partial charge < -0.3 is 24.8 Å². The van der Waals surface area contributed by atoms with Gasteiger partial charge in [0.15, 0.2) is 0 Å². The first kappa shape index (κ1) is 33.4. The average molecular weight is 646 g/mol. The number of fused-ring (bicyclic) bond motifs is 3. The molecule has 1 saturated heterocycles. The zero-order valence-corrected chi connectivity index (χ0v) is 27.0. The Morgan fingerprint density at radius 3 is 2.13 bits per heavy atom. The molecule has 3 amide bonds. The topological polar surface area (TPSA) is 125 Å². The van der Waals surface area contributed by atoms with E-state index in [1.807, 2.05) is 48.5 Å². The number of amides is 3. The van der Waals surface area contributed by atoms with Crippen molar-refractivity contribution in [3.63, 3.8) is 0 Å². The van der Waals surface area contributed by atoms with Gasteiger partial charge in [-0.3, -0.25) is 9.69 Å². The quantitative estimate of drug-likeness (QED) is 0.315. The van der Waals surface area contributed by atoms with E-state index >= 15 is 0 Å². The van der Waals surface area contributed by atoms with Crippen molar-refractivity contribution in [2.24, 2.45) is 0 Å². The van der Waals surface area contributed by atoms with Crippen LogP contribution < -0.4 is 5.32 Å². The number of hydrogen-bond acceptors (Lipinski definition) is 6. The van der Waals surface area contributed by atoms with Crippen LogP contribution in [0.4, 0.5) is 14.0 Å². The molecule has 5 rings (SSSR count). The van der Waals surface area contributed by atoms with Gasteiger partial charge in [-0.1, -0.05) is 60.7 Å². The van der Waals surface area contributed by atoms with E-state index in [1.165, 1.54) is 15.9 Å². The molecule has 0 bridgehead atoms. The number of likely N-dealkylation sites (tertiary alicyclic amines) is 1. The summed E-state index contributed by atoms with van der Waals surface area (Å²) in [5, 5.41) is 12.7. The van der Waals surface area contributed by atoms with Gasteiger partial charge in [0, 0.05) is 25.6 Å². The number of ether oxygens (including phenoxy) is 2. The fraction of sp³-hybridized carbons (Fsp3) is 0.389. The normalized spacial score (nSPS) is 15.3. The lowest BCUT2D eigenvalue weighted by molar-refractivity contribution is -0.149. The molecule has 3 aromatic carbocycles. The fourth-order valence-electron chi connectivity index (χ4n) is 6.09. The van der Waals surface area contributed by atoms with Crippen LogP contribution in [0.3, 0.4) is 0 Å². The van der Waals surface area contributed by atoms with Crippen LogP contribution >= 0.6 is 0 Å². The molecular formula is C36H40FN3O7. The highest BCUT2D eigenvalue weighted by Crippen LogP contribution is 2.44. The maximum Gasteiger partial charge on any atom is 0.411 e. The largest absolute Gasteiger partial charge is 0.480 e. The third kappa shape index (κ3) is 7.56. The summed E-state index contributed by atoms with van der Waals surface area (Å²) in [6, 6.07) is 20.4. The van der Waals surface area contributed by atoms with Crippen LogP contribution in [-0.4, -0.2) is 76.4 Å². The second-order valence-electron chi connectivity index (χ2n) is 13.1. The van der Waals surface area contributed by atoms with Crippen LogP contribution in [0.15, 0.2) is 66.7 Å². The van der Waals surface area contributed by atoms with Crippen molar-refractivity contribution in [1.29, 1.82) is 0 Å². The maximum atomic E-state index is 14.2. The number of carbonyl (C=O) groups excluding carboxylic acids is 3. The monoisotopic (exact) mass is 645 g/mol. The Morgan fingerprint density at radius 1 is 0.979 bits per heavy atom. The molecule has 0 spiro atoms. The summed E-state index contributed by atoms with van der Waals surface area (Å²) >= 11 is 0. The number of carboxylic acids is 1. The summed E-state index contributed by atoms with van der Waals surface area (Å²) in [6.45, 7) is 6.41. The summed E-state index contributed by atoms with van der Waals surface area (Å²) in [5.74, 6) is -2.26. The molecule has 47 heavy (non-hydrogen) atoms. The van der Waals surface area contributed by atoms with Crippen molar-refractivity contribution in [1.82, 2.24) is 15.1 Å². The Balaban J connectivity index is 1.21. The zero-order valence-electron chi connectivity index (χ0n) is 27.0. The summed E-state index contributed by atoms with van der Waals surface area (Å²) in [4.78, 5) is 54.5. The molecule has 2 aliphatic rings. The molecule has 0 aromatic heterocycles. The van der Waals surface area contributed by atoms with Gasteiger partial charge in [-0.15, -0.1) is 0 Å². The number of aryl methyl sites for hydroxylation is 1. The second-order valence-corrected chi connectivity index (χ2v) is 13.1. The molecule has 1 aliphatic heterocycles. The van der Waals surface area contributed by atoms with E-state index in [9.17, 15) is 28.7 Å². The number of carbonyl (C=O) groups is 4. The summed E-state index contributed by atoms with van der Waals surface area (Å²) in [7, 11) is 0. The Morgan fingerprint density at radius 2 is 1.57 bits per heavy atom. The Hall–Kier alpha value is -4.93. The standard InChI is InChI=1S/C36H40FN3O7/c1-23-13-14-24(19-30(23)37)20-40(34(45)47-35(2,3)4)21-31(41)39-17-15-36(16-18-39,32(42)43)38-33(44)46-22-29-27-11-7-5-9-25(27)26-10-6-8-12-28(26)29/h5-14,19,29H,15-18,20-22H2,1-4H3,(H,38,44)(H,42,43). The molecule has 0 radical (unpaired) electrons. The molecule has 1 aliphatic carbocycles. The van der Waals surface area contributed by atoms with E-state index in [1.54, 1.807) is 39.8 Å². The van der Waals surface area contributed by atoms with Gasteiger partial charge >= 0.3 is 18.2 Å². The smallest absolute Gasteiger partial charge is 0.411 e. The first-order valence-electron chi connectivity index (χ1n) is 15.6. The molecular weight excluding hydrogens is 605 g/mol. The Labute approximate surface area is 273 Å². The number of nitrogens with one attached hydrogen (secondary N) is 1. The van der Waals surface area contributed by atoms with E-state index < -0.39 is 41.0 Å². The maximum absolute atomic E-state index is 14.2. The first-order chi connectivity index (χ1) is 22.3. The molecule has 11 heteroatoms.